The number of unbranched alkanes of at least 4 members (excludes halogenated alkanes) is 1. The number of rotatable bonds is 3. The minimum absolute atomic E-state index is 0.649. The standard InChI is InChI=1S/C4H11NOS/c1-2-3-4-7(5)6/h2-4H2,1H3,(H2,5,6). The molecule has 1 unspecified atom stereocenters. The molecule has 3 heteroatoms. The van der Waals surface area contributed by atoms with E-state index in [0.29, 0.717) is 5.75 Å². The average molecular weight is 121 g/mol. The second kappa shape index (κ2) is 4.27. The van der Waals surface area contributed by atoms with Gasteiger partial charge < -0.3 is 4.55 Å². The van der Waals surface area contributed by atoms with Gasteiger partial charge in [0.15, 0.2) is 0 Å². The monoisotopic (exact) mass is 121 g/mol. The van der Waals surface area contributed by atoms with E-state index in [1.165, 1.54) is 0 Å². The van der Waals surface area contributed by atoms with E-state index in [-0.39, 0.29) is 0 Å². The Morgan fingerprint density at radius 1 is 1.71 bits per heavy atom. The molecule has 0 aliphatic heterocycles. The molecule has 0 saturated carbocycles. The van der Waals surface area contributed by atoms with Crippen LogP contribution in [-0.2, 0) is 11.0 Å². The molecule has 2 nitrogen and oxygen atoms in total. The fourth-order valence-electron chi connectivity index (χ4n) is 0.281. The van der Waals surface area contributed by atoms with Gasteiger partial charge in [0.05, 0.1) is 0 Å². The molecule has 0 spiro atoms. The van der Waals surface area contributed by atoms with Gasteiger partial charge in [0.2, 0.25) is 0 Å². The van der Waals surface area contributed by atoms with Gasteiger partial charge in [-0.15, -0.1) is 0 Å². The van der Waals surface area contributed by atoms with Crippen molar-refractivity contribution in [2.75, 3.05) is 5.75 Å². The van der Waals surface area contributed by atoms with Gasteiger partial charge in [-0.1, -0.05) is 13.3 Å². The first-order chi connectivity index (χ1) is 3.27. The van der Waals surface area contributed by atoms with Crippen LogP contribution in [0.25, 0.3) is 0 Å². The van der Waals surface area contributed by atoms with Crippen LogP contribution < -0.4 is 0 Å². The highest BCUT2D eigenvalue weighted by Gasteiger charge is 1.83. The summed E-state index contributed by atoms with van der Waals surface area (Å²) in [5.74, 6) is 0.649. The number of nitrogens with one attached hydrogen (secondary N) is 1. The first kappa shape index (κ1) is 7.11. The van der Waals surface area contributed by atoms with Crippen molar-refractivity contribution in [3.8, 4) is 0 Å². The molecule has 2 N–H and O–H groups in total. The normalized spacial score (nSPS) is 14.0. The van der Waals surface area contributed by atoms with Crippen LogP contribution in [0.2, 0.25) is 0 Å². The lowest BCUT2D eigenvalue weighted by Gasteiger charge is -1.90. The van der Waals surface area contributed by atoms with Crippen LogP contribution in [0.5, 0.6) is 0 Å². The van der Waals surface area contributed by atoms with E-state index < -0.39 is 11.0 Å². The zero-order valence-electron chi connectivity index (χ0n) is 4.48. The summed E-state index contributed by atoms with van der Waals surface area (Å²) in [5.41, 5.74) is 0. The molecule has 7 heavy (non-hydrogen) atoms. The summed E-state index contributed by atoms with van der Waals surface area (Å²) < 4.78 is 15.0. The lowest BCUT2D eigenvalue weighted by atomic mass is 10.4. The fourth-order valence-corrected chi connectivity index (χ4v) is 0.843. The molecule has 0 saturated heterocycles. The SMILES string of the molecule is CCCCS(=N)O. The summed E-state index contributed by atoms with van der Waals surface area (Å²) in [4.78, 5) is 0. The smallest absolute Gasteiger partial charge is 0.0287 e. The maximum atomic E-state index is 8.38. The van der Waals surface area contributed by atoms with Crippen LogP contribution in [0, 0.1) is 4.78 Å². The molecule has 1 atom stereocenters. The third-order valence-electron chi connectivity index (χ3n) is 0.691. The summed E-state index contributed by atoms with van der Waals surface area (Å²) in [6.07, 6.45) is 2.05. The van der Waals surface area contributed by atoms with Crippen molar-refractivity contribution < 1.29 is 4.55 Å². The van der Waals surface area contributed by atoms with Gasteiger partial charge in [-0.05, 0) is 6.42 Å². The van der Waals surface area contributed by atoms with Crippen LogP contribution in [-0.4, -0.2) is 10.3 Å². The first-order valence-corrected chi connectivity index (χ1v) is 3.73. The Balaban J connectivity index is 2.82. The maximum Gasteiger partial charge on any atom is 0.0287 e. The van der Waals surface area contributed by atoms with Crippen LogP contribution >= 0.6 is 0 Å². The largest absolute Gasteiger partial charge is 0.322 e. The Kier molecular flexibility index (Phi) is 4.34. The van der Waals surface area contributed by atoms with Crippen molar-refractivity contribution in [3.05, 3.63) is 0 Å². The van der Waals surface area contributed by atoms with Crippen molar-refractivity contribution in [2.45, 2.75) is 19.8 Å². The molecule has 0 amide bonds. The predicted octanol–water partition coefficient (Wildman–Crippen LogP) is 1.64. The molecule has 0 rings (SSSR count). The van der Waals surface area contributed by atoms with Crippen LogP contribution in [0.1, 0.15) is 19.8 Å². The highest BCUT2D eigenvalue weighted by Crippen LogP contribution is 1.87. The van der Waals surface area contributed by atoms with Crippen LogP contribution in [0.3, 0.4) is 0 Å². The Labute approximate surface area is 46.7 Å². The van der Waals surface area contributed by atoms with Gasteiger partial charge >= 0.3 is 0 Å². The van der Waals surface area contributed by atoms with Gasteiger partial charge in [0.25, 0.3) is 0 Å². The van der Waals surface area contributed by atoms with E-state index in [0.717, 1.165) is 12.8 Å². The van der Waals surface area contributed by atoms with E-state index in [1.54, 1.807) is 0 Å². The Morgan fingerprint density at radius 2 is 2.29 bits per heavy atom. The zero-order valence-corrected chi connectivity index (χ0v) is 5.29. The van der Waals surface area contributed by atoms with Crippen molar-refractivity contribution in [2.24, 2.45) is 0 Å². The van der Waals surface area contributed by atoms with E-state index >= 15 is 0 Å². The molecular weight excluding hydrogens is 110 g/mol. The summed E-state index contributed by atoms with van der Waals surface area (Å²) in [5, 5.41) is 0. The first-order valence-electron chi connectivity index (χ1n) is 2.38. The second-order valence-corrected chi connectivity index (χ2v) is 2.56. The zero-order chi connectivity index (χ0) is 5.70. The lowest BCUT2D eigenvalue weighted by Crippen LogP contribution is -1.90. The lowest BCUT2D eigenvalue weighted by molar-refractivity contribution is 0.641. The molecule has 0 aromatic carbocycles. The van der Waals surface area contributed by atoms with Crippen molar-refractivity contribution in [1.82, 2.24) is 0 Å². The third kappa shape index (κ3) is 6.11. The minimum Gasteiger partial charge on any atom is -0.322 e. The number of hydrogen-bond donors (Lipinski definition) is 2. The summed E-state index contributed by atoms with van der Waals surface area (Å²) in [7, 11) is -1.07. The molecule has 0 bridgehead atoms. The van der Waals surface area contributed by atoms with Gasteiger partial charge in [0, 0.05) is 16.7 Å². The second-order valence-electron chi connectivity index (χ2n) is 1.42. The topological polar surface area (TPSA) is 44.1 Å². The maximum absolute atomic E-state index is 8.38. The molecular formula is C4H11NOS. The third-order valence-corrected chi connectivity index (χ3v) is 1.37. The van der Waals surface area contributed by atoms with Crippen molar-refractivity contribution >= 4 is 11.0 Å². The van der Waals surface area contributed by atoms with E-state index in [9.17, 15) is 0 Å². The minimum atomic E-state index is -1.07. The Bertz CT molecular complexity index is 64.7. The molecule has 0 fully saturated rings. The van der Waals surface area contributed by atoms with E-state index in [2.05, 4.69) is 0 Å². The van der Waals surface area contributed by atoms with E-state index in [4.69, 9.17) is 9.33 Å². The molecule has 0 aromatic rings. The molecule has 0 aromatic heterocycles. The number of hydrogen-bond acceptors (Lipinski definition) is 1. The molecule has 0 radical (unpaired) electrons. The van der Waals surface area contributed by atoms with Gasteiger partial charge in [-0.25, -0.2) is 0 Å². The van der Waals surface area contributed by atoms with Gasteiger partial charge in [0.1, 0.15) is 0 Å². The summed E-state index contributed by atoms with van der Waals surface area (Å²) >= 11 is 0. The highest BCUT2D eigenvalue weighted by atomic mass is 32.2. The Hall–Kier alpha value is 0.110. The molecule has 0 aliphatic rings. The Morgan fingerprint density at radius 3 is 2.43 bits per heavy atom. The quantitative estimate of drug-likeness (QED) is 0.585. The molecule has 0 heterocycles. The fraction of sp³-hybridized carbons (Fsp3) is 1.00. The highest BCUT2D eigenvalue weighted by molar-refractivity contribution is 7.80. The molecule has 0 aliphatic carbocycles. The van der Waals surface area contributed by atoms with Gasteiger partial charge in [-0.2, -0.15) is 0 Å². The summed E-state index contributed by atoms with van der Waals surface area (Å²) in [6, 6.07) is 0. The predicted molar refractivity (Wildman–Crippen MR) is 32.5 cm³/mol. The van der Waals surface area contributed by atoms with Crippen LogP contribution in [0.4, 0.5) is 0 Å². The van der Waals surface area contributed by atoms with Gasteiger partial charge in [-0.3, -0.25) is 4.78 Å². The van der Waals surface area contributed by atoms with E-state index in [1.807, 2.05) is 6.92 Å². The van der Waals surface area contributed by atoms with Crippen LogP contribution in [0.15, 0.2) is 0 Å². The molecule has 44 valence electrons. The summed E-state index contributed by atoms with van der Waals surface area (Å²) in [6.45, 7) is 2.05. The van der Waals surface area contributed by atoms with Crippen molar-refractivity contribution in [3.63, 3.8) is 0 Å². The van der Waals surface area contributed by atoms with Crippen molar-refractivity contribution in [1.29, 1.82) is 4.78 Å². The average Bonchev–Trinajstić information content (AvgIpc) is 1.61.